The van der Waals surface area contributed by atoms with Gasteiger partial charge in [0.15, 0.2) is 0 Å². The molecule has 0 atom stereocenters. The summed E-state index contributed by atoms with van der Waals surface area (Å²) < 4.78 is 25.8. The summed E-state index contributed by atoms with van der Waals surface area (Å²) in [6.45, 7) is 0. The van der Waals surface area contributed by atoms with Gasteiger partial charge in [-0.1, -0.05) is 12.8 Å². The molecule has 0 radical (unpaired) electrons. The van der Waals surface area contributed by atoms with E-state index >= 15 is 0 Å². The molecule has 15 heavy (non-hydrogen) atoms. The first-order chi connectivity index (χ1) is 6.96. The van der Waals surface area contributed by atoms with Crippen molar-refractivity contribution in [3.8, 4) is 0 Å². The maximum absolute atomic E-state index is 11.7. The second kappa shape index (κ2) is 3.45. The predicted octanol–water partition coefficient (Wildman–Crippen LogP) is 0.466. The fourth-order valence-electron chi connectivity index (χ4n) is 2.07. The number of nitrogens with one attached hydrogen (secondary N) is 1. The first kappa shape index (κ1) is 10.9. The Kier molecular flexibility index (Phi) is 2.50. The van der Waals surface area contributed by atoms with E-state index in [0.29, 0.717) is 25.7 Å². The van der Waals surface area contributed by atoms with E-state index in [1.807, 2.05) is 0 Å². The van der Waals surface area contributed by atoms with Crippen LogP contribution in [0.15, 0.2) is 0 Å². The van der Waals surface area contributed by atoms with Crippen molar-refractivity contribution in [1.29, 1.82) is 0 Å². The smallest absolute Gasteiger partial charge is 0.324 e. The third kappa shape index (κ3) is 2.01. The summed E-state index contributed by atoms with van der Waals surface area (Å²) in [5, 5.41) is 8.75. The highest BCUT2D eigenvalue weighted by molar-refractivity contribution is 7.90. The van der Waals surface area contributed by atoms with Gasteiger partial charge in [-0.3, -0.25) is 4.79 Å². The first-order valence-electron chi connectivity index (χ1n) is 5.22. The fraction of sp³-hybridized carbons (Fsp3) is 0.889. The monoisotopic (exact) mass is 233 g/mol. The molecule has 2 aliphatic carbocycles. The maximum atomic E-state index is 11.7. The van der Waals surface area contributed by atoms with Crippen LogP contribution in [-0.2, 0) is 14.8 Å². The Morgan fingerprint density at radius 2 is 1.80 bits per heavy atom. The van der Waals surface area contributed by atoms with Gasteiger partial charge in [-0.2, -0.15) is 4.72 Å². The van der Waals surface area contributed by atoms with Crippen LogP contribution in [-0.4, -0.2) is 30.3 Å². The van der Waals surface area contributed by atoms with E-state index < -0.39 is 21.5 Å². The molecule has 2 rings (SSSR count). The van der Waals surface area contributed by atoms with Crippen molar-refractivity contribution in [1.82, 2.24) is 4.72 Å². The number of sulfonamides is 1. The van der Waals surface area contributed by atoms with Crippen LogP contribution in [0.1, 0.15) is 38.5 Å². The van der Waals surface area contributed by atoms with Crippen molar-refractivity contribution in [3.63, 3.8) is 0 Å². The molecule has 6 heteroatoms. The molecular weight excluding hydrogens is 218 g/mol. The topological polar surface area (TPSA) is 83.5 Å². The van der Waals surface area contributed by atoms with Gasteiger partial charge < -0.3 is 5.11 Å². The van der Waals surface area contributed by atoms with Crippen molar-refractivity contribution < 1.29 is 18.3 Å². The zero-order valence-corrected chi connectivity index (χ0v) is 9.22. The van der Waals surface area contributed by atoms with Gasteiger partial charge in [0.05, 0.1) is 5.25 Å². The van der Waals surface area contributed by atoms with Gasteiger partial charge in [0.2, 0.25) is 10.0 Å². The highest BCUT2D eigenvalue weighted by atomic mass is 32.2. The molecule has 0 saturated heterocycles. The molecule has 0 bridgehead atoms. The number of rotatable bonds is 4. The summed E-state index contributed by atoms with van der Waals surface area (Å²) in [6.07, 6.45) is 3.69. The molecule has 86 valence electrons. The normalized spacial score (nSPS) is 25.3. The summed E-state index contributed by atoms with van der Waals surface area (Å²) in [6, 6.07) is 0. The lowest BCUT2D eigenvalue weighted by Gasteiger charge is -2.24. The Labute approximate surface area is 88.9 Å². The van der Waals surface area contributed by atoms with Crippen molar-refractivity contribution in [3.05, 3.63) is 0 Å². The van der Waals surface area contributed by atoms with Gasteiger partial charge in [0.1, 0.15) is 5.54 Å². The third-order valence-corrected chi connectivity index (χ3v) is 5.19. The molecule has 2 aliphatic rings. The van der Waals surface area contributed by atoms with E-state index in [9.17, 15) is 13.2 Å². The number of carbonyl (C=O) groups is 1. The van der Waals surface area contributed by atoms with Gasteiger partial charge in [0, 0.05) is 0 Å². The quantitative estimate of drug-likeness (QED) is 0.739. The second-order valence-electron chi connectivity index (χ2n) is 4.44. The zero-order valence-electron chi connectivity index (χ0n) is 8.40. The van der Waals surface area contributed by atoms with Crippen LogP contribution in [0.2, 0.25) is 0 Å². The summed E-state index contributed by atoms with van der Waals surface area (Å²) >= 11 is 0. The average molecular weight is 233 g/mol. The lowest BCUT2D eigenvalue weighted by Crippen LogP contribution is -2.53. The number of hydrogen-bond acceptors (Lipinski definition) is 3. The van der Waals surface area contributed by atoms with Crippen LogP contribution in [0.5, 0.6) is 0 Å². The zero-order chi connectivity index (χ0) is 11.1. The molecule has 0 heterocycles. The van der Waals surface area contributed by atoms with Crippen molar-refractivity contribution in [2.75, 3.05) is 0 Å². The van der Waals surface area contributed by atoms with Crippen molar-refractivity contribution >= 4 is 16.0 Å². The number of hydrogen-bond donors (Lipinski definition) is 2. The van der Waals surface area contributed by atoms with Crippen LogP contribution < -0.4 is 4.72 Å². The molecule has 0 aromatic carbocycles. The lowest BCUT2D eigenvalue weighted by atomic mass is 10.0. The standard InChI is InChI=1S/C9H15NO4S/c11-8(12)9(5-1-2-6-9)10-15(13,14)7-3-4-7/h7,10H,1-6H2,(H,11,12). The molecule has 0 aromatic heterocycles. The third-order valence-electron chi connectivity index (χ3n) is 3.17. The Balaban J connectivity index is 2.16. The molecule has 0 aromatic rings. The van der Waals surface area contributed by atoms with E-state index in [1.54, 1.807) is 0 Å². The molecule has 0 amide bonds. The van der Waals surface area contributed by atoms with Crippen molar-refractivity contribution in [2.24, 2.45) is 0 Å². The summed E-state index contributed by atoms with van der Waals surface area (Å²) in [5.41, 5.74) is -1.22. The van der Waals surface area contributed by atoms with E-state index in [0.717, 1.165) is 12.8 Å². The van der Waals surface area contributed by atoms with E-state index in [1.165, 1.54) is 0 Å². The Morgan fingerprint density at radius 3 is 2.20 bits per heavy atom. The van der Waals surface area contributed by atoms with E-state index in [4.69, 9.17) is 5.11 Å². The molecule has 2 fully saturated rings. The predicted molar refractivity (Wildman–Crippen MR) is 53.9 cm³/mol. The van der Waals surface area contributed by atoms with Gasteiger partial charge in [-0.25, -0.2) is 8.42 Å². The summed E-state index contributed by atoms with van der Waals surface area (Å²) in [5.74, 6) is -1.04. The van der Waals surface area contributed by atoms with Crippen LogP contribution in [0, 0.1) is 0 Å². The van der Waals surface area contributed by atoms with E-state index in [2.05, 4.69) is 4.72 Å². The lowest BCUT2D eigenvalue weighted by molar-refractivity contribution is -0.143. The van der Waals surface area contributed by atoms with Crippen LogP contribution in [0.3, 0.4) is 0 Å². The minimum atomic E-state index is -3.40. The second-order valence-corrected chi connectivity index (χ2v) is 6.40. The molecule has 2 N–H and O–H groups in total. The Hall–Kier alpha value is -0.620. The fourth-order valence-corrected chi connectivity index (χ4v) is 3.83. The summed E-state index contributed by atoms with van der Waals surface area (Å²) in [4.78, 5) is 11.1. The minimum Gasteiger partial charge on any atom is -0.480 e. The number of carboxylic acids is 1. The molecule has 0 spiro atoms. The van der Waals surface area contributed by atoms with Gasteiger partial charge >= 0.3 is 5.97 Å². The largest absolute Gasteiger partial charge is 0.480 e. The highest BCUT2D eigenvalue weighted by Crippen LogP contribution is 2.34. The van der Waals surface area contributed by atoms with Gasteiger partial charge in [-0.15, -0.1) is 0 Å². The molecular formula is C9H15NO4S. The number of carboxylic acid groups (broad SMARTS) is 1. The first-order valence-corrected chi connectivity index (χ1v) is 6.77. The molecule has 5 nitrogen and oxygen atoms in total. The van der Waals surface area contributed by atoms with Crippen LogP contribution >= 0.6 is 0 Å². The van der Waals surface area contributed by atoms with E-state index in [-0.39, 0.29) is 5.25 Å². The highest BCUT2D eigenvalue weighted by Gasteiger charge is 2.48. The number of aliphatic carboxylic acids is 1. The Bertz CT molecular complexity index is 366. The molecule has 0 unspecified atom stereocenters. The Morgan fingerprint density at radius 1 is 1.27 bits per heavy atom. The van der Waals surface area contributed by atoms with Crippen LogP contribution in [0.25, 0.3) is 0 Å². The van der Waals surface area contributed by atoms with Gasteiger partial charge in [-0.05, 0) is 25.7 Å². The van der Waals surface area contributed by atoms with Crippen molar-refractivity contribution in [2.45, 2.75) is 49.3 Å². The SMILES string of the molecule is O=C(O)C1(NS(=O)(=O)C2CC2)CCCC1. The van der Waals surface area contributed by atoms with Gasteiger partial charge in [0.25, 0.3) is 0 Å². The minimum absolute atomic E-state index is 0.352. The molecule has 2 saturated carbocycles. The maximum Gasteiger partial charge on any atom is 0.324 e. The van der Waals surface area contributed by atoms with Crippen LogP contribution in [0.4, 0.5) is 0 Å². The summed E-state index contributed by atoms with van der Waals surface area (Å²) in [7, 11) is -3.40. The average Bonchev–Trinajstić information content (AvgIpc) is 2.89. The molecule has 0 aliphatic heterocycles.